The topological polar surface area (TPSA) is 63.5 Å². The molecule has 0 aliphatic rings. The molecule has 5 nitrogen and oxygen atoms in total. The summed E-state index contributed by atoms with van der Waals surface area (Å²) in [6.45, 7) is 2.71. The monoisotopic (exact) mass is 232 g/mol. The van der Waals surface area contributed by atoms with Crippen molar-refractivity contribution in [1.29, 1.82) is 0 Å². The van der Waals surface area contributed by atoms with Gasteiger partial charge in [-0.1, -0.05) is 5.92 Å². The highest BCUT2D eigenvalue weighted by molar-refractivity contribution is 5.79. The Morgan fingerprint density at radius 1 is 1.59 bits per heavy atom. The van der Waals surface area contributed by atoms with Crippen LogP contribution in [0.15, 0.2) is 18.2 Å². The van der Waals surface area contributed by atoms with Gasteiger partial charge in [0.25, 0.3) is 5.69 Å². The van der Waals surface area contributed by atoms with Crippen molar-refractivity contribution in [3.05, 3.63) is 33.9 Å². The van der Waals surface area contributed by atoms with Crippen LogP contribution in [0.5, 0.6) is 0 Å². The van der Waals surface area contributed by atoms with E-state index in [0.717, 1.165) is 0 Å². The molecule has 0 aliphatic heterocycles. The van der Waals surface area contributed by atoms with Crippen LogP contribution in [0.3, 0.4) is 0 Å². The summed E-state index contributed by atoms with van der Waals surface area (Å²) in [7, 11) is 0. The molecule has 0 aliphatic carbocycles. The van der Waals surface area contributed by atoms with Crippen LogP contribution >= 0.6 is 0 Å². The molecule has 0 saturated carbocycles. The number of hydrogen-bond acceptors (Lipinski definition) is 4. The Balaban J connectivity index is 3.27. The summed E-state index contributed by atoms with van der Waals surface area (Å²) in [6, 6.07) is 4.33. The number of aldehydes is 1. The summed E-state index contributed by atoms with van der Waals surface area (Å²) in [4.78, 5) is 22.7. The molecule has 0 radical (unpaired) electrons. The minimum absolute atomic E-state index is 0.105. The molecule has 1 aromatic rings. The van der Waals surface area contributed by atoms with Gasteiger partial charge in [0.1, 0.15) is 12.0 Å². The van der Waals surface area contributed by atoms with Gasteiger partial charge < -0.3 is 4.90 Å². The van der Waals surface area contributed by atoms with Gasteiger partial charge >= 0.3 is 0 Å². The number of rotatable bonds is 5. The van der Waals surface area contributed by atoms with Crippen molar-refractivity contribution in [1.82, 2.24) is 0 Å². The predicted octanol–water partition coefficient (Wildman–Crippen LogP) is 1.87. The fourth-order valence-electron chi connectivity index (χ4n) is 1.50. The maximum atomic E-state index is 10.9. The van der Waals surface area contributed by atoms with Crippen LogP contribution in [0.4, 0.5) is 11.4 Å². The van der Waals surface area contributed by atoms with E-state index in [4.69, 9.17) is 6.42 Å². The summed E-state index contributed by atoms with van der Waals surface area (Å²) < 4.78 is 0. The Kier molecular flexibility index (Phi) is 4.23. The maximum absolute atomic E-state index is 10.9. The lowest BCUT2D eigenvalue weighted by Crippen LogP contribution is -2.23. The van der Waals surface area contributed by atoms with E-state index >= 15 is 0 Å². The van der Waals surface area contributed by atoms with Crippen molar-refractivity contribution >= 4 is 17.7 Å². The molecule has 88 valence electrons. The smallest absolute Gasteiger partial charge is 0.293 e. The summed E-state index contributed by atoms with van der Waals surface area (Å²) in [5.41, 5.74) is 0.602. The third-order valence-electron chi connectivity index (χ3n) is 2.34. The molecule has 0 fully saturated rings. The molecule has 5 heteroatoms. The van der Waals surface area contributed by atoms with Gasteiger partial charge in [-0.3, -0.25) is 14.9 Å². The normalized spacial score (nSPS) is 9.41. The van der Waals surface area contributed by atoms with E-state index in [1.54, 1.807) is 11.0 Å². The zero-order valence-corrected chi connectivity index (χ0v) is 9.42. The number of benzene rings is 1. The van der Waals surface area contributed by atoms with Crippen molar-refractivity contribution in [2.24, 2.45) is 0 Å². The minimum atomic E-state index is -0.512. The molecule has 0 spiro atoms. The first-order valence-electron chi connectivity index (χ1n) is 5.06. The molecule has 0 N–H and O–H groups in total. The van der Waals surface area contributed by atoms with Gasteiger partial charge in [0, 0.05) is 18.2 Å². The Hall–Kier alpha value is -2.35. The number of nitrogens with zero attached hydrogens (tertiary/aromatic N) is 2. The number of anilines is 1. The average Bonchev–Trinajstić information content (AvgIpc) is 2.35. The van der Waals surface area contributed by atoms with Crippen LogP contribution in [-0.2, 0) is 0 Å². The molecule has 0 atom stereocenters. The Bertz CT molecular complexity index is 477. The number of carbonyl (C=O) groups is 1. The van der Waals surface area contributed by atoms with Crippen molar-refractivity contribution < 1.29 is 9.72 Å². The number of carbonyl (C=O) groups excluding carboxylic acids is 1. The summed E-state index contributed by atoms with van der Waals surface area (Å²) in [6.07, 6.45) is 5.78. The van der Waals surface area contributed by atoms with Gasteiger partial charge in [0.05, 0.1) is 11.5 Å². The molecule has 0 amide bonds. The van der Waals surface area contributed by atoms with Crippen LogP contribution < -0.4 is 4.90 Å². The number of nitro benzene ring substituents is 1. The van der Waals surface area contributed by atoms with Crippen LogP contribution in [0.1, 0.15) is 17.3 Å². The number of terminal acetylenes is 1. The Morgan fingerprint density at radius 2 is 2.29 bits per heavy atom. The van der Waals surface area contributed by atoms with Crippen molar-refractivity contribution in [3.8, 4) is 12.3 Å². The van der Waals surface area contributed by atoms with Crippen LogP contribution in [0.25, 0.3) is 0 Å². The summed E-state index contributed by atoms with van der Waals surface area (Å²) in [5, 5.41) is 10.9. The number of hydrogen-bond donors (Lipinski definition) is 0. The largest absolute Gasteiger partial charge is 0.355 e. The SMILES string of the molecule is C#CCN(CC)c1ccc(C=O)cc1[N+](=O)[O-]. The fraction of sp³-hybridized carbons (Fsp3) is 0.250. The molecule has 0 saturated heterocycles. The average molecular weight is 232 g/mol. The summed E-state index contributed by atoms with van der Waals surface area (Å²) >= 11 is 0. The van der Waals surface area contributed by atoms with E-state index < -0.39 is 4.92 Å². The van der Waals surface area contributed by atoms with E-state index in [9.17, 15) is 14.9 Å². The highest BCUT2D eigenvalue weighted by Gasteiger charge is 2.18. The van der Waals surface area contributed by atoms with Gasteiger partial charge in [-0.2, -0.15) is 0 Å². The molecule has 17 heavy (non-hydrogen) atoms. The molecule has 1 aromatic carbocycles. The predicted molar refractivity (Wildman–Crippen MR) is 65.2 cm³/mol. The Morgan fingerprint density at radius 3 is 2.76 bits per heavy atom. The second-order valence-electron chi connectivity index (χ2n) is 3.34. The van der Waals surface area contributed by atoms with E-state index in [1.807, 2.05) is 6.92 Å². The lowest BCUT2D eigenvalue weighted by atomic mass is 10.1. The third-order valence-corrected chi connectivity index (χ3v) is 2.34. The van der Waals surface area contributed by atoms with Gasteiger partial charge in [-0.05, 0) is 19.1 Å². The fourth-order valence-corrected chi connectivity index (χ4v) is 1.50. The lowest BCUT2D eigenvalue weighted by Gasteiger charge is -2.19. The first-order valence-corrected chi connectivity index (χ1v) is 5.06. The minimum Gasteiger partial charge on any atom is -0.355 e. The van der Waals surface area contributed by atoms with Crippen molar-refractivity contribution in [2.75, 3.05) is 18.0 Å². The molecular weight excluding hydrogens is 220 g/mol. The van der Waals surface area contributed by atoms with Crippen LogP contribution in [0.2, 0.25) is 0 Å². The first kappa shape index (κ1) is 12.7. The zero-order valence-electron chi connectivity index (χ0n) is 9.42. The molecule has 0 unspecified atom stereocenters. The molecule has 0 heterocycles. The molecule has 0 bridgehead atoms. The van der Waals surface area contributed by atoms with Crippen molar-refractivity contribution in [2.45, 2.75) is 6.92 Å². The number of nitro groups is 1. The zero-order chi connectivity index (χ0) is 12.8. The Labute approximate surface area is 99.2 Å². The summed E-state index contributed by atoms with van der Waals surface area (Å²) in [5.74, 6) is 2.45. The quantitative estimate of drug-likeness (QED) is 0.336. The van der Waals surface area contributed by atoms with E-state index in [-0.39, 0.29) is 17.8 Å². The van der Waals surface area contributed by atoms with E-state index in [2.05, 4.69) is 5.92 Å². The van der Waals surface area contributed by atoms with Gasteiger partial charge in [0.15, 0.2) is 0 Å². The van der Waals surface area contributed by atoms with Gasteiger partial charge in [-0.15, -0.1) is 6.42 Å². The molecule has 0 aromatic heterocycles. The third kappa shape index (κ3) is 2.82. The van der Waals surface area contributed by atoms with Crippen LogP contribution in [-0.4, -0.2) is 24.3 Å². The van der Waals surface area contributed by atoms with Gasteiger partial charge in [0.2, 0.25) is 0 Å². The molecule has 1 rings (SSSR count). The lowest BCUT2D eigenvalue weighted by molar-refractivity contribution is -0.384. The second-order valence-corrected chi connectivity index (χ2v) is 3.34. The first-order chi connectivity index (χ1) is 8.13. The van der Waals surface area contributed by atoms with Crippen molar-refractivity contribution in [3.63, 3.8) is 0 Å². The highest BCUT2D eigenvalue weighted by Crippen LogP contribution is 2.28. The standard InChI is InChI=1S/C12H12N2O3/c1-3-7-13(4-2)11-6-5-10(9-15)8-12(11)14(16)17/h1,5-6,8-9H,4,7H2,2H3. The maximum Gasteiger partial charge on any atom is 0.293 e. The molecular formula is C12H12N2O3. The van der Waals surface area contributed by atoms with E-state index in [1.165, 1.54) is 12.1 Å². The van der Waals surface area contributed by atoms with Gasteiger partial charge in [-0.25, -0.2) is 0 Å². The highest BCUT2D eigenvalue weighted by atomic mass is 16.6. The van der Waals surface area contributed by atoms with E-state index in [0.29, 0.717) is 18.5 Å². The van der Waals surface area contributed by atoms with Crippen LogP contribution in [0, 0.1) is 22.5 Å². The second kappa shape index (κ2) is 5.66.